The number of rotatable bonds is 5. The van der Waals surface area contributed by atoms with Gasteiger partial charge in [-0.15, -0.1) is 0 Å². The summed E-state index contributed by atoms with van der Waals surface area (Å²) in [6.07, 6.45) is 2.66. The van der Waals surface area contributed by atoms with Crippen LogP contribution in [0, 0.1) is 5.82 Å². The molecule has 0 atom stereocenters. The maximum Gasteiger partial charge on any atom is 0.292 e. The number of hydrogen-bond donors (Lipinski definition) is 1. The second-order valence-electron chi connectivity index (χ2n) is 5.18. The van der Waals surface area contributed by atoms with E-state index < -0.39 is 11.4 Å². The first-order valence-corrected chi connectivity index (χ1v) is 7.94. The lowest BCUT2D eigenvalue weighted by Gasteiger charge is -2.08. The van der Waals surface area contributed by atoms with Gasteiger partial charge in [-0.3, -0.25) is 10.2 Å². The van der Waals surface area contributed by atoms with Gasteiger partial charge in [0.15, 0.2) is 0 Å². The first-order valence-electron chi connectivity index (χ1n) is 7.56. The highest BCUT2D eigenvalue weighted by molar-refractivity contribution is 6.32. The molecule has 26 heavy (non-hydrogen) atoms. The predicted octanol–water partition coefficient (Wildman–Crippen LogP) is 3.48. The quantitative estimate of drug-likeness (QED) is 0.550. The molecule has 0 fully saturated rings. The molecule has 0 saturated heterocycles. The molecule has 132 valence electrons. The van der Waals surface area contributed by atoms with Crippen molar-refractivity contribution in [3.05, 3.63) is 81.5 Å². The Morgan fingerprint density at radius 2 is 1.96 bits per heavy atom. The second kappa shape index (κ2) is 7.79. The zero-order valence-electron chi connectivity index (χ0n) is 13.7. The van der Waals surface area contributed by atoms with Crippen molar-refractivity contribution in [1.29, 1.82) is 0 Å². The van der Waals surface area contributed by atoms with E-state index in [2.05, 4.69) is 15.6 Å². The van der Waals surface area contributed by atoms with Crippen LogP contribution in [0.25, 0.3) is 5.69 Å². The van der Waals surface area contributed by atoms with Crippen molar-refractivity contribution < 1.29 is 9.13 Å². The minimum atomic E-state index is -0.511. The van der Waals surface area contributed by atoms with E-state index in [0.29, 0.717) is 17.0 Å². The van der Waals surface area contributed by atoms with E-state index in [0.717, 1.165) is 4.68 Å². The smallest absolute Gasteiger partial charge is 0.292 e. The summed E-state index contributed by atoms with van der Waals surface area (Å²) in [4.78, 5) is 12.4. The maximum absolute atomic E-state index is 13.5. The zero-order chi connectivity index (χ0) is 18.5. The summed E-state index contributed by atoms with van der Waals surface area (Å²) in [5.41, 5.74) is 3.15. The largest absolute Gasteiger partial charge is 0.497 e. The Bertz CT molecular complexity index is 1000. The minimum Gasteiger partial charge on any atom is -0.497 e. The molecule has 2 aromatic carbocycles. The normalized spacial score (nSPS) is 10.9. The van der Waals surface area contributed by atoms with Gasteiger partial charge < -0.3 is 4.74 Å². The fourth-order valence-corrected chi connectivity index (χ4v) is 2.34. The highest BCUT2D eigenvalue weighted by atomic mass is 35.5. The number of hydrogen-bond acceptors (Lipinski definition) is 5. The lowest BCUT2D eigenvalue weighted by atomic mass is 10.2. The zero-order valence-corrected chi connectivity index (χ0v) is 14.4. The molecule has 8 heteroatoms. The number of aromatic nitrogens is 2. The van der Waals surface area contributed by atoms with Crippen LogP contribution in [0.2, 0.25) is 5.02 Å². The molecule has 0 amide bonds. The van der Waals surface area contributed by atoms with Gasteiger partial charge in [-0.1, -0.05) is 29.8 Å². The molecule has 0 unspecified atom stereocenters. The molecule has 3 rings (SSSR count). The van der Waals surface area contributed by atoms with E-state index in [1.54, 1.807) is 49.6 Å². The first kappa shape index (κ1) is 17.6. The van der Waals surface area contributed by atoms with Gasteiger partial charge in [0.25, 0.3) is 5.56 Å². The van der Waals surface area contributed by atoms with Crippen LogP contribution in [0.1, 0.15) is 5.56 Å². The van der Waals surface area contributed by atoms with Gasteiger partial charge in [0.1, 0.15) is 22.3 Å². The number of anilines is 1. The summed E-state index contributed by atoms with van der Waals surface area (Å²) < 4.78 is 19.8. The van der Waals surface area contributed by atoms with Crippen molar-refractivity contribution in [2.24, 2.45) is 5.10 Å². The molecule has 0 aliphatic heterocycles. The first-order chi connectivity index (χ1) is 12.6. The summed E-state index contributed by atoms with van der Waals surface area (Å²) in [6.45, 7) is 0. The standard InChI is InChI=1S/C18H14ClFN4O2/c1-26-14-8-6-13(7-9-14)24-18(25)17(19)16(11-22-24)23-21-10-12-4-2-3-5-15(12)20/h2-11,23H,1H3/b21-10-. The van der Waals surface area contributed by atoms with E-state index in [4.69, 9.17) is 16.3 Å². The van der Waals surface area contributed by atoms with Crippen LogP contribution in [0.15, 0.2) is 64.6 Å². The number of hydrazone groups is 1. The fraction of sp³-hybridized carbons (Fsp3) is 0.0556. The van der Waals surface area contributed by atoms with E-state index in [-0.39, 0.29) is 10.7 Å². The van der Waals surface area contributed by atoms with Crippen LogP contribution < -0.4 is 15.7 Å². The minimum absolute atomic E-state index is 0.0819. The monoisotopic (exact) mass is 372 g/mol. The molecule has 3 aromatic rings. The highest BCUT2D eigenvalue weighted by Crippen LogP contribution is 2.18. The van der Waals surface area contributed by atoms with Crippen molar-refractivity contribution >= 4 is 23.5 Å². The summed E-state index contributed by atoms with van der Waals surface area (Å²) >= 11 is 6.11. The highest BCUT2D eigenvalue weighted by Gasteiger charge is 2.10. The maximum atomic E-state index is 13.5. The molecular weight excluding hydrogens is 359 g/mol. The summed E-state index contributed by atoms with van der Waals surface area (Å²) in [5, 5.41) is 7.89. The van der Waals surface area contributed by atoms with E-state index >= 15 is 0 Å². The third-order valence-electron chi connectivity index (χ3n) is 3.53. The van der Waals surface area contributed by atoms with Gasteiger partial charge in [0.05, 0.1) is 25.2 Å². The SMILES string of the molecule is COc1ccc(-n2ncc(N/N=C\c3ccccc3F)c(Cl)c2=O)cc1. The van der Waals surface area contributed by atoms with Crippen molar-refractivity contribution in [2.45, 2.75) is 0 Å². The Balaban J connectivity index is 1.83. The molecule has 1 N–H and O–H groups in total. The molecule has 0 aliphatic carbocycles. The number of halogens is 2. The van der Waals surface area contributed by atoms with Gasteiger partial charge in [0.2, 0.25) is 0 Å². The Labute approximate surface area is 153 Å². The Kier molecular flexibility index (Phi) is 5.28. The average molecular weight is 373 g/mol. The molecular formula is C18H14ClFN4O2. The van der Waals surface area contributed by atoms with E-state index in [9.17, 15) is 9.18 Å². The van der Waals surface area contributed by atoms with Crippen molar-refractivity contribution in [3.63, 3.8) is 0 Å². The molecule has 0 spiro atoms. The second-order valence-corrected chi connectivity index (χ2v) is 5.56. The van der Waals surface area contributed by atoms with Gasteiger partial charge in [-0.05, 0) is 30.3 Å². The molecule has 1 heterocycles. The predicted molar refractivity (Wildman–Crippen MR) is 99.0 cm³/mol. The lowest BCUT2D eigenvalue weighted by molar-refractivity contribution is 0.414. The third-order valence-corrected chi connectivity index (χ3v) is 3.90. The Hall–Kier alpha value is -3.19. The van der Waals surface area contributed by atoms with Crippen molar-refractivity contribution in [2.75, 3.05) is 12.5 Å². The Morgan fingerprint density at radius 1 is 1.23 bits per heavy atom. The van der Waals surface area contributed by atoms with E-state index in [1.165, 1.54) is 18.5 Å². The van der Waals surface area contributed by atoms with Crippen molar-refractivity contribution in [1.82, 2.24) is 9.78 Å². The van der Waals surface area contributed by atoms with Crippen molar-refractivity contribution in [3.8, 4) is 11.4 Å². The number of ether oxygens (including phenoxy) is 1. The molecule has 6 nitrogen and oxygen atoms in total. The summed E-state index contributed by atoms with van der Waals surface area (Å²) in [6, 6.07) is 13.0. The van der Waals surface area contributed by atoms with Gasteiger partial charge >= 0.3 is 0 Å². The number of nitrogens with zero attached hydrogens (tertiary/aromatic N) is 3. The molecule has 0 saturated carbocycles. The Morgan fingerprint density at radius 3 is 2.65 bits per heavy atom. The molecule has 0 aliphatic rings. The number of benzene rings is 2. The van der Waals surface area contributed by atoms with Gasteiger partial charge in [0, 0.05) is 5.56 Å². The van der Waals surface area contributed by atoms with Crippen LogP contribution in [0.3, 0.4) is 0 Å². The average Bonchev–Trinajstić information content (AvgIpc) is 2.67. The van der Waals surface area contributed by atoms with Crippen LogP contribution in [0.4, 0.5) is 10.1 Å². The van der Waals surface area contributed by atoms with Gasteiger partial charge in [-0.25, -0.2) is 4.39 Å². The molecule has 1 aromatic heterocycles. The fourth-order valence-electron chi connectivity index (χ4n) is 2.17. The number of nitrogens with one attached hydrogen (secondary N) is 1. The van der Waals surface area contributed by atoms with Gasteiger partial charge in [-0.2, -0.15) is 14.9 Å². The van der Waals surface area contributed by atoms with Crippen LogP contribution in [-0.2, 0) is 0 Å². The van der Waals surface area contributed by atoms with Crippen LogP contribution in [0.5, 0.6) is 5.75 Å². The molecule has 0 bridgehead atoms. The summed E-state index contributed by atoms with van der Waals surface area (Å²) in [5.74, 6) is 0.255. The van der Waals surface area contributed by atoms with E-state index in [1.807, 2.05) is 0 Å². The van der Waals surface area contributed by atoms with Crippen LogP contribution >= 0.6 is 11.6 Å². The lowest BCUT2D eigenvalue weighted by Crippen LogP contribution is -2.22. The molecule has 0 radical (unpaired) electrons. The number of methoxy groups -OCH3 is 1. The topological polar surface area (TPSA) is 68.5 Å². The van der Waals surface area contributed by atoms with Crippen LogP contribution in [-0.4, -0.2) is 23.1 Å². The third kappa shape index (κ3) is 3.73. The summed E-state index contributed by atoms with van der Waals surface area (Å²) in [7, 11) is 1.55.